The lowest BCUT2D eigenvalue weighted by atomic mass is 10.3. The number of carbonyl (C=O) groups excluding carboxylic acids is 1. The summed E-state index contributed by atoms with van der Waals surface area (Å²) in [6, 6.07) is 8.31. The number of carbonyl (C=O) groups is 1. The first-order chi connectivity index (χ1) is 8.74. The van der Waals surface area contributed by atoms with Crippen LogP contribution in [0.1, 0.15) is 12.8 Å². The zero-order valence-electron chi connectivity index (χ0n) is 10.3. The SMILES string of the molecule is Cn1c(NCC(=O)NC2CC2)nc2ccccc21. The van der Waals surface area contributed by atoms with Gasteiger partial charge in [-0.05, 0) is 25.0 Å². The quantitative estimate of drug-likeness (QED) is 0.851. The van der Waals surface area contributed by atoms with E-state index in [4.69, 9.17) is 0 Å². The van der Waals surface area contributed by atoms with Crippen LogP contribution in [-0.4, -0.2) is 28.0 Å². The van der Waals surface area contributed by atoms with E-state index in [0.717, 1.165) is 29.8 Å². The fourth-order valence-corrected chi connectivity index (χ4v) is 1.97. The highest BCUT2D eigenvalue weighted by Crippen LogP contribution is 2.19. The number of rotatable bonds is 4. The van der Waals surface area contributed by atoms with Gasteiger partial charge in [-0.25, -0.2) is 4.98 Å². The van der Waals surface area contributed by atoms with Gasteiger partial charge in [0.2, 0.25) is 11.9 Å². The highest BCUT2D eigenvalue weighted by atomic mass is 16.2. The van der Waals surface area contributed by atoms with Crippen molar-refractivity contribution in [2.24, 2.45) is 7.05 Å². The predicted octanol–water partition coefficient (Wildman–Crippen LogP) is 1.26. The number of hydrogen-bond donors (Lipinski definition) is 2. The molecule has 5 heteroatoms. The third kappa shape index (κ3) is 2.16. The van der Waals surface area contributed by atoms with E-state index < -0.39 is 0 Å². The van der Waals surface area contributed by atoms with E-state index in [1.54, 1.807) is 0 Å². The van der Waals surface area contributed by atoms with Crippen LogP contribution in [0.5, 0.6) is 0 Å². The predicted molar refractivity (Wildman–Crippen MR) is 70.4 cm³/mol. The van der Waals surface area contributed by atoms with Gasteiger partial charge in [-0.1, -0.05) is 12.1 Å². The minimum absolute atomic E-state index is 0.0320. The molecule has 1 aliphatic carbocycles. The Morgan fingerprint density at radius 3 is 2.94 bits per heavy atom. The topological polar surface area (TPSA) is 59.0 Å². The molecule has 2 aromatic rings. The second-order valence-corrected chi connectivity index (χ2v) is 4.68. The fourth-order valence-electron chi connectivity index (χ4n) is 1.97. The van der Waals surface area contributed by atoms with Crippen molar-refractivity contribution in [3.05, 3.63) is 24.3 Å². The Bertz CT molecular complexity index is 586. The molecule has 18 heavy (non-hydrogen) atoms. The van der Waals surface area contributed by atoms with Crippen LogP contribution in [0.15, 0.2) is 24.3 Å². The summed E-state index contributed by atoms with van der Waals surface area (Å²) in [4.78, 5) is 16.0. The molecule has 1 aromatic heterocycles. The number of aryl methyl sites for hydroxylation is 1. The van der Waals surface area contributed by atoms with Crippen LogP contribution >= 0.6 is 0 Å². The van der Waals surface area contributed by atoms with Gasteiger partial charge in [0.1, 0.15) is 0 Å². The van der Waals surface area contributed by atoms with E-state index in [9.17, 15) is 4.79 Å². The molecule has 0 atom stereocenters. The number of fused-ring (bicyclic) bond motifs is 1. The first kappa shape index (κ1) is 11.1. The Kier molecular flexibility index (Phi) is 2.66. The maximum Gasteiger partial charge on any atom is 0.239 e. The first-order valence-electron chi connectivity index (χ1n) is 6.19. The number of benzene rings is 1. The van der Waals surface area contributed by atoms with E-state index >= 15 is 0 Å². The molecule has 1 fully saturated rings. The number of aromatic nitrogens is 2. The molecule has 0 saturated heterocycles. The van der Waals surface area contributed by atoms with Crippen molar-refractivity contribution >= 4 is 22.9 Å². The number of nitrogens with one attached hydrogen (secondary N) is 2. The van der Waals surface area contributed by atoms with Gasteiger partial charge in [0.25, 0.3) is 0 Å². The van der Waals surface area contributed by atoms with Gasteiger partial charge in [-0.2, -0.15) is 0 Å². The highest BCUT2D eigenvalue weighted by molar-refractivity contribution is 5.82. The van der Waals surface area contributed by atoms with E-state index in [-0.39, 0.29) is 12.5 Å². The van der Waals surface area contributed by atoms with Crippen LogP contribution in [-0.2, 0) is 11.8 Å². The minimum atomic E-state index is 0.0320. The van der Waals surface area contributed by atoms with Crippen LogP contribution in [0, 0.1) is 0 Å². The number of amides is 1. The van der Waals surface area contributed by atoms with E-state index in [2.05, 4.69) is 15.6 Å². The van der Waals surface area contributed by atoms with E-state index in [1.807, 2.05) is 35.9 Å². The van der Waals surface area contributed by atoms with Crippen molar-refractivity contribution in [1.29, 1.82) is 0 Å². The molecule has 0 bridgehead atoms. The molecule has 1 amide bonds. The van der Waals surface area contributed by atoms with Crippen molar-refractivity contribution < 1.29 is 4.79 Å². The van der Waals surface area contributed by atoms with Crippen molar-refractivity contribution in [3.63, 3.8) is 0 Å². The highest BCUT2D eigenvalue weighted by Gasteiger charge is 2.23. The lowest BCUT2D eigenvalue weighted by molar-refractivity contribution is -0.119. The molecule has 5 nitrogen and oxygen atoms in total. The summed E-state index contributed by atoms with van der Waals surface area (Å²) >= 11 is 0. The lowest BCUT2D eigenvalue weighted by Crippen LogP contribution is -2.31. The number of anilines is 1. The number of imidazole rings is 1. The molecule has 1 saturated carbocycles. The monoisotopic (exact) mass is 244 g/mol. The molecular weight excluding hydrogens is 228 g/mol. The fraction of sp³-hybridized carbons (Fsp3) is 0.385. The average Bonchev–Trinajstić information content (AvgIpc) is 3.12. The summed E-state index contributed by atoms with van der Waals surface area (Å²) in [5.74, 6) is 0.756. The molecular formula is C13H16N4O. The minimum Gasteiger partial charge on any atom is -0.352 e. The molecule has 94 valence electrons. The Morgan fingerprint density at radius 1 is 1.44 bits per heavy atom. The van der Waals surface area contributed by atoms with Gasteiger partial charge in [-0.3, -0.25) is 4.79 Å². The van der Waals surface area contributed by atoms with Crippen LogP contribution in [0.4, 0.5) is 5.95 Å². The third-order valence-electron chi connectivity index (χ3n) is 3.14. The summed E-state index contributed by atoms with van der Waals surface area (Å²) in [6.45, 7) is 0.271. The van der Waals surface area contributed by atoms with Crippen molar-refractivity contribution in [3.8, 4) is 0 Å². The Balaban J connectivity index is 1.70. The first-order valence-corrected chi connectivity index (χ1v) is 6.19. The summed E-state index contributed by atoms with van der Waals surface area (Å²) in [6.07, 6.45) is 2.22. The average molecular weight is 244 g/mol. The number of nitrogens with zero attached hydrogens (tertiary/aromatic N) is 2. The number of para-hydroxylation sites is 2. The van der Waals surface area contributed by atoms with E-state index in [0.29, 0.717) is 6.04 Å². The van der Waals surface area contributed by atoms with Gasteiger partial charge in [0.15, 0.2) is 0 Å². The third-order valence-corrected chi connectivity index (χ3v) is 3.14. The van der Waals surface area contributed by atoms with E-state index in [1.165, 1.54) is 0 Å². The molecule has 0 unspecified atom stereocenters. The lowest BCUT2D eigenvalue weighted by Gasteiger charge is -2.06. The van der Waals surface area contributed by atoms with Crippen LogP contribution in [0.25, 0.3) is 11.0 Å². The zero-order chi connectivity index (χ0) is 12.5. The molecule has 1 heterocycles. The van der Waals surface area contributed by atoms with Gasteiger partial charge >= 0.3 is 0 Å². The number of hydrogen-bond acceptors (Lipinski definition) is 3. The summed E-state index contributed by atoms with van der Waals surface area (Å²) in [5.41, 5.74) is 1.99. The molecule has 1 aliphatic rings. The molecule has 0 radical (unpaired) electrons. The second-order valence-electron chi connectivity index (χ2n) is 4.68. The maximum atomic E-state index is 11.6. The molecule has 1 aromatic carbocycles. The maximum absolute atomic E-state index is 11.6. The Hall–Kier alpha value is -2.04. The Labute approximate surface area is 105 Å². The molecule has 3 rings (SSSR count). The van der Waals surface area contributed by atoms with Crippen LogP contribution in [0.3, 0.4) is 0 Å². The largest absolute Gasteiger partial charge is 0.352 e. The van der Waals surface area contributed by atoms with Crippen molar-refractivity contribution in [2.45, 2.75) is 18.9 Å². The van der Waals surface area contributed by atoms with Crippen molar-refractivity contribution in [2.75, 3.05) is 11.9 Å². The standard InChI is InChI=1S/C13H16N4O/c1-17-11-5-3-2-4-10(11)16-13(17)14-8-12(18)15-9-6-7-9/h2-5,9H,6-8H2,1H3,(H,14,16)(H,15,18). The summed E-state index contributed by atoms with van der Waals surface area (Å²) < 4.78 is 1.96. The molecule has 0 aliphatic heterocycles. The molecule has 0 spiro atoms. The van der Waals surface area contributed by atoms with Crippen LogP contribution in [0.2, 0.25) is 0 Å². The second kappa shape index (κ2) is 4.33. The Morgan fingerprint density at radius 2 is 2.22 bits per heavy atom. The summed E-state index contributed by atoms with van der Waals surface area (Å²) in [7, 11) is 1.94. The van der Waals surface area contributed by atoms with Gasteiger partial charge in [-0.15, -0.1) is 0 Å². The normalized spacial score (nSPS) is 14.7. The summed E-state index contributed by atoms with van der Waals surface area (Å²) in [5, 5.41) is 6.01. The smallest absolute Gasteiger partial charge is 0.239 e. The zero-order valence-corrected chi connectivity index (χ0v) is 10.3. The van der Waals surface area contributed by atoms with Gasteiger partial charge < -0.3 is 15.2 Å². The van der Waals surface area contributed by atoms with Gasteiger partial charge in [0.05, 0.1) is 17.6 Å². The van der Waals surface area contributed by atoms with Gasteiger partial charge in [0, 0.05) is 13.1 Å². The van der Waals surface area contributed by atoms with Crippen LogP contribution < -0.4 is 10.6 Å². The van der Waals surface area contributed by atoms with Crippen molar-refractivity contribution in [1.82, 2.24) is 14.9 Å². The molecule has 2 N–H and O–H groups in total.